The lowest BCUT2D eigenvalue weighted by Gasteiger charge is -2.14. The fraction of sp³-hybridized carbons (Fsp3) is 0.667. The molecule has 1 heterocycles. The number of ether oxygens (including phenoxy) is 1. The molecule has 7 heteroatoms. The molecule has 3 aliphatic rings. The van der Waals surface area contributed by atoms with Crippen LogP contribution in [0.5, 0.6) is 0 Å². The molecule has 1 saturated carbocycles. The van der Waals surface area contributed by atoms with Gasteiger partial charge >= 0.3 is 5.97 Å². The largest absolute Gasteiger partial charge is 0.456 e. The molecule has 3 amide bonds. The van der Waals surface area contributed by atoms with Crippen LogP contribution in [0.2, 0.25) is 0 Å². The van der Waals surface area contributed by atoms with Crippen LogP contribution >= 0.6 is 0 Å². The molecule has 2 fully saturated rings. The van der Waals surface area contributed by atoms with E-state index in [1.807, 2.05) is 12.2 Å². The molecule has 2 aliphatic carbocycles. The lowest BCUT2D eigenvalue weighted by atomic mass is 9.85. The van der Waals surface area contributed by atoms with Gasteiger partial charge in [-0.3, -0.25) is 24.1 Å². The van der Waals surface area contributed by atoms with Crippen molar-refractivity contribution >= 4 is 23.7 Å². The topological polar surface area (TPSA) is 92.8 Å². The first-order chi connectivity index (χ1) is 12.1. The van der Waals surface area contributed by atoms with Crippen molar-refractivity contribution in [3.8, 4) is 0 Å². The smallest absolute Gasteiger partial charge is 0.308 e. The van der Waals surface area contributed by atoms with E-state index in [4.69, 9.17) is 4.74 Å². The van der Waals surface area contributed by atoms with Crippen LogP contribution in [0.3, 0.4) is 0 Å². The minimum atomic E-state index is -0.574. The number of fused-ring (bicyclic) bond motifs is 1. The summed E-state index contributed by atoms with van der Waals surface area (Å²) < 4.78 is 4.95. The highest BCUT2D eigenvalue weighted by Crippen LogP contribution is 2.34. The minimum Gasteiger partial charge on any atom is -0.456 e. The SMILES string of the molecule is O=C(COC(=O)CCN1C(=O)[C@H]2CC=CC[C@H]2C1=O)NC1CCCC1. The number of hydrogen-bond acceptors (Lipinski definition) is 5. The summed E-state index contributed by atoms with van der Waals surface area (Å²) in [6, 6.07) is 0.183. The van der Waals surface area contributed by atoms with E-state index in [2.05, 4.69) is 5.32 Å². The molecule has 0 bridgehead atoms. The van der Waals surface area contributed by atoms with E-state index >= 15 is 0 Å². The predicted molar refractivity (Wildman–Crippen MR) is 88.0 cm³/mol. The number of hydrogen-bond donors (Lipinski definition) is 1. The zero-order valence-corrected chi connectivity index (χ0v) is 14.2. The van der Waals surface area contributed by atoms with E-state index in [0.29, 0.717) is 12.8 Å². The minimum absolute atomic E-state index is 0.0216. The Hall–Kier alpha value is -2.18. The van der Waals surface area contributed by atoms with Gasteiger partial charge in [0.2, 0.25) is 11.8 Å². The van der Waals surface area contributed by atoms with E-state index in [1.54, 1.807) is 0 Å². The molecule has 0 aromatic carbocycles. The third-order valence-corrected chi connectivity index (χ3v) is 5.22. The van der Waals surface area contributed by atoms with Crippen molar-refractivity contribution in [1.82, 2.24) is 10.2 Å². The Bertz CT molecular complexity index is 568. The van der Waals surface area contributed by atoms with Gasteiger partial charge < -0.3 is 10.1 Å². The van der Waals surface area contributed by atoms with Gasteiger partial charge in [0.1, 0.15) is 0 Å². The lowest BCUT2D eigenvalue weighted by molar-refractivity contribution is -0.150. The van der Waals surface area contributed by atoms with Crippen LogP contribution in [0, 0.1) is 11.8 Å². The molecule has 1 saturated heterocycles. The van der Waals surface area contributed by atoms with Crippen molar-refractivity contribution in [3.63, 3.8) is 0 Å². The number of carbonyl (C=O) groups excluding carboxylic acids is 4. The Morgan fingerprint density at radius 1 is 1.08 bits per heavy atom. The highest BCUT2D eigenvalue weighted by atomic mass is 16.5. The number of allylic oxidation sites excluding steroid dienone is 2. The molecule has 7 nitrogen and oxygen atoms in total. The fourth-order valence-corrected chi connectivity index (χ4v) is 3.85. The molecular formula is C18H24N2O5. The van der Waals surface area contributed by atoms with Gasteiger partial charge in [-0.15, -0.1) is 0 Å². The first kappa shape index (κ1) is 17.6. The van der Waals surface area contributed by atoms with E-state index in [1.165, 1.54) is 4.90 Å². The predicted octanol–water partition coefficient (Wildman–Crippen LogP) is 0.930. The summed E-state index contributed by atoms with van der Waals surface area (Å²) >= 11 is 0. The van der Waals surface area contributed by atoms with Crippen molar-refractivity contribution in [3.05, 3.63) is 12.2 Å². The second-order valence-corrected chi connectivity index (χ2v) is 6.94. The monoisotopic (exact) mass is 348 g/mol. The number of nitrogens with one attached hydrogen (secondary N) is 1. The van der Waals surface area contributed by atoms with Gasteiger partial charge in [0.25, 0.3) is 5.91 Å². The summed E-state index contributed by atoms with van der Waals surface area (Å²) in [4.78, 5) is 49.3. The van der Waals surface area contributed by atoms with Gasteiger partial charge in [-0.25, -0.2) is 0 Å². The highest BCUT2D eigenvalue weighted by Gasteiger charge is 2.46. The molecule has 3 rings (SSSR count). The van der Waals surface area contributed by atoms with Crippen molar-refractivity contribution in [1.29, 1.82) is 0 Å². The summed E-state index contributed by atoms with van der Waals surface area (Å²) in [6.07, 6.45) is 9.09. The van der Waals surface area contributed by atoms with Gasteiger partial charge in [0.05, 0.1) is 18.3 Å². The quantitative estimate of drug-likeness (QED) is 0.438. The van der Waals surface area contributed by atoms with Gasteiger partial charge in [-0.2, -0.15) is 0 Å². The zero-order valence-electron chi connectivity index (χ0n) is 14.2. The van der Waals surface area contributed by atoms with Crippen LogP contribution in [0.25, 0.3) is 0 Å². The first-order valence-corrected chi connectivity index (χ1v) is 9.01. The number of imide groups is 1. The Kier molecular flexibility index (Phi) is 5.50. The second kappa shape index (κ2) is 7.80. The average molecular weight is 348 g/mol. The van der Waals surface area contributed by atoms with Crippen molar-refractivity contribution in [2.75, 3.05) is 13.2 Å². The number of carbonyl (C=O) groups is 4. The Balaban J connectivity index is 1.39. The Morgan fingerprint density at radius 2 is 1.68 bits per heavy atom. The maximum absolute atomic E-state index is 12.3. The van der Waals surface area contributed by atoms with Crippen LogP contribution in [-0.2, 0) is 23.9 Å². The summed E-state index contributed by atoms with van der Waals surface area (Å²) in [6.45, 7) is -0.292. The molecular weight excluding hydrogens is 324 g/mol. The zero-order chi connectivity index (χ0) is 17.8. The molecule has 2 atom stereocenters. The van der Waals surface area contributed by atoms with Crippen molar-refractivity contribution in [2.45, 2.75) is 51.0 Å². The molecule has 25 heavy (non-hydrogen) atoms. The Labute approximate surface area is 146 Å². The summed E-state index contributed by atoms with van der Waals surface area (Å²) in [7, 11) is 0. The Morgan fingerprint density at radius 3 is 2.28 bits per heavy atom. The van der Waals surface area contributed by atoms with Crippen LogP contribution in [0.4, 0.5) is 0 Å². The standard InChI is InChI=1S/C18H24N2O5/c21-15(19-12-5-1-2-6-12)11-25-16(22)9-10-20-17(23)13-7-3-4-8-14(13)18(20)24/h3-4,12-14H,1-2,5-11H2,(H,19,21)/t13-,14+. The maximum Gasteiger partial charge on any atom is 0.308 e. The third kappa shape index (κ3) is 4.08. The first-order valence-electron chi connectivity index (χ1n) is 9.01. The normalized spacial score (nSPS) is 26.0. The molecule has 1 aliphatic heterocycles. The number of esters is 1. The van der Waals surface area contributed by atoms with Crippen molar-refractivity contribution < 1.29 is 23.9 Å². The van der Waals surface area contributed by atoms with Crippen LogP contribution in [0.1, 0.15) is 44.9 Å². The molecule has 1 N–H and O–H groups in total. The maximum atomic E-state index is 12.3. The molecule has 0 aromatic rings. The highest BCUT2D eigenvalue weighted by molar-refractivity contribution is 6.05. The number of nitrogens with zero attached hydrogens (tertiary/aromatic N) is 1. The van der Waals surface area contributed by atoms with E-state index < -0.39 is 5.97 Å². The number of rotatable bonds is 6. The molecule has 0 spiro atoms. The summed E-state index contributed by atoms with van der Waals surface area (Å²) in [5, 5.41) is 2.84. The third-order valence-electron chi connectivity index (χ3n) is 5.22. The van der Waals surface area contributed by atoms with Gasteiger partial charge in [-0.05, 0) is 25.7 Å². The van der Waals surface area contributed by atoms with E-state index in [-0.39, 0.29) is 55.2 Å². The second-order valence-electron chi connectivity index (χ2n) is 6.94. The van der Waals surface area contributed by atoms with Crippen LogP contribution < -0.4 is 5.32 Å². The summed E-state index contributed by atoms with van der Waals surface area (Å²) in [5.41, 5.74) is 0. The molecule has 0 aromatic heterocycles. The van der Waals surface area contributed by atoms with Gasteiger partial charge in [0.15, 0.2) is 6.61 Å². The molecule has 0 unspecified atom stereocenters. The molecule has 136 valence electrons. The van der Waals surface area contributed by atoms with E-state index in [9.17, 15) is 19.2 Å². The summed E-state index contributed by atoms with van der Waals surface area (Å²) in [5.74, 6) is -1.85. The number of amides is 3. The molecule has 0 radical (unpaired) electrons. The van der Waals surface area contributed by atoms with Gasteiger partial charge in [0, 0.05) is 12.6 Å². The van der Waals surface area contributed by atoms with Crippen LogP contribution in [0.15, 0.2) is 12.2 Å². The van der Waals surface area contributed by atoms with E-state index in [0.717, 1.165) is 25.7 Å². The average Bonchev–Trinajstić information content (AvgIpc) is 3.20. The van der Waals surface area contributed by atoms with Crippen molar-refractivity contribution in [2.24, 2.45) is 11.8 Å². The van der Waals surface area contributed by atoms with Crippen LogP contribution in [-0.4, -0.2) is 47.8 Å². The number of likely N-dealkylation sites (tertiary alicyclic amines) is 1. The fourth-order valence-electron chi connectivity index (χ4n) is 3.85. The van der Waals surface area contributed by atoms with Gasteiger partial charge in [-0.1, -0.05) is 25.0 Å². The lowest BCUT2D eigenvalue weighted by Crippen LogP contribution is -2.36.